The lowest BCUT2D eigenvalue weighted by atomic mass is 10.1. The Kier molecular flexibility index (Phi) is 3.98. The molecule has 0 radical (unpaired) electrons. The quantitative estimate of drug-likeness (QED) is 0.741. The van der Waals surface area contributed by atoms with Crippen molar-refractivity contribution in [3.63, 3.8) is 0 Å². The first-order valence-corrected chi connectivity index (χ1v) is 8.11. The van der Waals surface area contributed by atoms with E-state index >= 15 is 0 Å². The Morgan fingerprint density at radius 3 is 2.81 bits per heavy atom. The van der Waals surface area contributed by atoms with Gasteiger partial charge in [0.25, 0.3) is 0 Å². The molecule has 4 heterocycles. The minimum atomic E-state index is -4.42. The lowest BCUT2D eigenvalue weighted by molar-refractivity contribution is -0.141. The van der Waals surface area contributed by atoms with E-state index in [1.54, 1.807) is 0 Å². The average molecular weight is 363 g/mol. The average Bonchev–Trinajstić information content (AvgIpc) is 3.24. The highest BCUT2D eigenvalue weighted by molar-refractivity contribution is 5.80. The maximum atomic E-state index is 12.6. The Hall–Kier alpha value is -2.75. The lowest BCUT2D eigenvalue weighted by Gasteiger charge is -2.16. The topological polar surface area (TPSA) is 96.6 Å². The number of imidazole rings is 1. The predicted molar refractivity (Wildman–Crippen MR) is 88.0 cm³/mol. The van der Waals surface area contributed by atoms with Gasteiger partial charge >= 0.3 is 6.18 Å². The maximum Gasteiger partial charge on any atom is 0.433 e. The molecule has 3 aromatic rings. The normalized spacial score (nSPS) is 18.7. The molecule has 0 amide bonds. The van der Waals surface area contributed by atoms with Crippen LogP contribution in [-0.4, -0.2) is 42.9 Å². The zero-order chi connectivity index (χ0) is 18.3. The van der Waals surface area contributed by atoms with Crippen LogP contribution in [0.2, 0.25) is 0 Å². The summed E-state index contributed by atoms with van der Waals surface area (Å²) in [6.45, 7) is 2.03. The first kappa shape index (κ1) is 16.7. The van der Waals surface area contributed by atoms with E-state index < -0.39 is 11.9 Å². The number of alkyl halides is 3. The number of nitrogens with two attached hydrogens (primary N) is 1. The number of rotatable bonds is 3. The Labute approximate surface area is 146 Å². The molecule has 26 heavy (non-hydrogen) atoms. The summed E-state index contributed by atoms with van der Waals surface area (Å²) >= 11 is 0. The summed E-state index contributed by atoms with van der Waals surface area (Å²) in [5.41, 5.74) is 6.96. The summed E-state index contributed by atoms with van der Waals surface area (Å²) in [6.07, 6.45) is -0.763. The van der Waals surface area contributed by atoms with Crippen molar-refractivity contribution in [3.8, 4) is 0 Å². The summed E-state index contributed by atoms with van der Waals surface area (Å²) in [6, 6.07) is 2.48. The monoisotopic (exact) mass is 363 g/mol. The molecular weight excluding hydrogens is 347 g/mol. The highest BCUT2D eigenvalue weighted by Gasteiger charge is 2.32. The van der Waals surface area contributed by atoms with Gasteiger partial charge in [0.2, 0.25) is 0 Å². The lowest BCUT2D eigenvalue weighted by Crippen LogP contribution is -2.20. The van der Waals surface area contributed by atoms with Gasteiger partial charge in [-0.1, -0.05) is 6.07 Å². The van der Waals surface area contributed by atoms with Crippen molar-refractivity contribution in [1.82, 2.24) is 29.8 Å². The van der Waals surface area contributed by atoms with Gasteiger partial charge in [-0.2, -0.15) is 13.2 Å². The van der Waals surface area contributed by atoms with Gasteiger partial charge in [-0.15, -0.1) is 0 Å². The molecule has 1 aliphatic heterocycles. The number of hydrogen-bond donors (Lipinski definition) is 2. The number of nitrogens with zero attached hydrogens (tertiary/aromatic N) is 5. The van der Waals surface area contributed by atoms with Crippen molar-refractivity contribution >= 4 is 17.0 Å². The number of nitrogens with one attached hydrogen (secondary N) is 1. The van der Waals surface area contributed by atoms with Crippen LogP contribution in [0, 0.1) is 0 Å². The third-order valence-electron chi connectivity index (χ3n) is 4.49. The van der Waals surface area contributed by atoms with Gasteiger partial charge in [0.05, 0.1) is 6.33 Å². The molecule has 0 bridgehead atoms. The maximum absolute atomic E-state index is 12.6. The number of fused-ring (bicyclic) bond motifs is 1. The number of anilines is 1. The van der Waals surface area contributed by atoms with E-state index in [9.17, 15) is 13.2 Å². The van der Waals surface area contributed by atoms with Crippen LogP contribution in [0.3, 0.4) is 0 Å². The first-order valence-electron chi connectivity index (χ1n) is 8.11. The van der Waals surface area contributed by atoms with Crippen LogP contribution in [0.5, 0.6) is 0 Å². The Morgan fingerprint density at radius 1 is 1.23 bits per heavy atom. The minimum absolute atomic E-state index is 0.112. The molecule has 0 aromatic carbocycles. The molecule has 4 rings (SSSR count). The van der Waals surface area contributed by atoms with Crippen LogP contribution < -0.4 is 5.73 Å². The second kappa shape index (κ2) is 6.20. The van der Waals surface area contributed by atoms with Gasteiger partial charge in [-0.25, -0.2) is 15.0 Å². The second-order valence-electron chi connectivity index (χ2n) is 6.34. The number of halogens is 3. The summed E-state index contributed by atoms with van der Waals surface area (Å²) < 4.78 is 37.7. The first-order chi connectivity index (χ1) is 12.4. The van der Waals surface area contributed by atoms with Gasteiger partial charge in [0.15, 0.2) is 11.5 Å². The van der Waals surface area contributed by atoms with E-state index in [2.05, 4.69) is 29.8 Å². The fourth-order valence-electron chi connectivity index (χ4n) is 3.19. The highest BCUT2D eigenvalue weighted by Crippen LogP contribution is 2.29. The number of aromatic nitrogens is 5. The third kappa shape index (κ3) is 3.19. The summed E-state index contributed by atoms with van der Waals surface area (Å²) in [5.74, 6) is 1.13. The van der Waals surface area contributed by atoms with Crippen LogP contribution in [0.4, 0.5) is 19.0 Å². The minimum Gasteiger partial charge on any atom is -0.382 e. The number of aromatic amines is 1. The molecule has 10 heteroatoms. The van der Waals surface area contributed by atoms with Gasteiger partial charge in [-0.3, -0.25) is 9.88 Å². The second-order valence-corrected chi connectivity index (χ2v) is 6.34. The van der Waals surface area contributed by atoms with Crippen molar-refractivity contribution < 1.29 is 13.2 Å². The number of likely N-dealkylation sites (tertiary alicyclic amines) is 1. The van der Waals surface area contributed by atoms with Crippen LogP contribution >= 0.6 is 0 Å². The van der Waals surface area contributed by atoms with Crippen molar-refractivity contribution in [2.75, 3.05) is 18.8 Å². The predicted octanol–water partition coefficient (Wildman–Crippen LogP) is 2.34. The standard InChI is InChI=1S/C16H16F3N7/c17-16(18,19)11-2-1-9(5-21-11)6-26-4-3-10(7-26)14-24-13(20)12-15(25-14)23-8-22-12/h1-2,5,8,10H,3-4,6-7H2,(H3,20,22,23,24,25). The van der Waals surface area contributed by atoms with E-state index in [0.717, 1.165) is 24.6 Å². The smallest absolute Gasteiger partial charge is 0.382 e. The fourth-order valence-corrected chi connectivity index (χ4v) is 3.19. The van der Waals surface area contributed by atoms with E-state index in [4.69, 9.17) is 5.73 Å². The number of nitrogen functional groups attached to an aromatic ring is 1. The van der Waals surface area contributed by atoms with Crippen molar-refractivity contribution in [3.05, 3.63) is 41.7 Å². The van der Waals surface area contributed by atoms with E-state index in [-0.39, 0.29) is 5.92 Å². The van der Waals surface area contributed by atoms with Crippen molar-refractivity contribution in [2.24, 2.45) is 0 Å². The molecule has 1 fully saturated rings. The van der Waals surface area contributed by atoms with E-state index in [1.165, 1.54) is 18.6 Å². The number of pyridine rings is 1. The molecule has 1 atom stereocenters. The third-order valence-corrected chi connectivity index (χ3v) is 4.49. The highest BCUT2D eigenvalue weighted by atomic mass is 19.4. The van der Waals surface area contributed by atoms with Gasteiger partial charge in [-0.05, 0) is 24.6 Å². The van der Waals surface area contributed by atoms with Crippen molar-refractivity contribution in [2.45, 2.75) is 25.1 Å². The molecule has 3 N–H and O–H groups in total. The Bertz CT molecular complexity index is 920. The molecule has 0 spiro atoms. The molecule has 1 unspecified atom stereocenters. The molecule has 1 aliphatic rings. The van der Waals surface area contributed by atoms with E-state index in [1.807, 2.05) is 0 Å². The van der Waals surface area contributed by atoms with Crippen LogP contribution in [0.1, 0.15) is 29.4 Å². The Balaban J connectivity index is 1.44. The van der Waals surface area contributed by atoms with Crippen molar-refractivity contribution in [1.29, 1.82) is 0 Å². The molecule has 136 valence electrons. The molecule has 0 saturated carbocycles. The van der Waals surface area contributed by atoms with Crippen LogP contribution in [0.15, 0.2) is 24.7 Å². The molecular formula is C16H16F3N7. The Morgan fingerprint density at radius 2 is 2.08 bits per heavy atom. The van der Waals surface area contributed by atoms with Crippen LogP contribution in [0.25, 0.3) is 11.2 Å². The molecule has 7 nitrogen and oxygen atoms in total. The van der Waals surface area contributed by atoms with Gasteiger partial charge < -0.3 is 10.7 Å². The van der Waals surface area contributed by atoms with E-state index in [0.29, 0.717) is 35.9 Å². The van der Waals surface area contributed by atoms with Crippen LogP contribution in [-0.2, 0) is 12.7 Å². The largest absolute Gasteiger partial charge is 0.433 e. The molecule has 1 saturated heterocycles. The summed E-state index contributed by atoms with van der Waals surface area (Å²) in [5, 5.41) is 0. The number of hydrogen-bond acceptors (Lipinski definition) is 6. The zero-order valence-electron chi connectivity index (χ0n) is 13.7. The molecule has 3 aromatic heterocycles. The van der Waals surface area contributed by atoms with Gasteiger partial charge in [0.1, 0.15) is 17.0 Å². The summed E-state index contributed by atoms with van der Waals surface area (Å²) in [7, 11) is 0. The number of H-pyrrole nitrogens is 1. The SMILES string of the molecule is Nc1nc(C2CCN(Cc3ccc(C(F)(F)F)nc3)C2)nc2nc[nH]c12. The van der Waals surface area contributed by atoms with Gasteiger partial charge in [0, 0.05) is 25.2 Å². The zero-order valence-corrected chi connectivity index (χ0v) is 13.7. The fraction of sp³-hybridized carbons (Fsp3) is 0.375. The summed E-state index contributed by atoms with van der Waals surface area (Å²) in [4.78, 5) is 21.5. The molecule has 0 aliphatic carbocycles.